The number of nitrogens with one attached hydrogen (secondary N) is 1. The van der Waals surface area contributed by atoms with E-state index in [1.165, 1.54) is 83.5 Å². The van der Waals surface area contributed by atoms with Crippen LogP contribution >= 0.6 is 0 Å². The smallest absolute Gasteiger partial charge is 0.00696 e. The van der Waals surface area contributed by atoms with Crippen molar-refractivity contribution >= 4 is 0 Å². The van der Waals surface area contributed by atoms with Crippen LogP contribution < -0.4 is 5.32 Å². The zero-order valence-electron chi connectivity index (χ0n) is 14.0. The van der Waals surface area contributed by atoms with Crippen LogP contribution in [0.2, 0.25) is 0 Å². The maximum Gasteiger partial charge on any atom is 0.00696 e. The molecule has 0 radical (unpaired) electrons. The van der Waals surface area contributed by atoms with Crippen molar-refractivity contribution in [2.45, 2.75) is 109 Å². The molecule has 0 aromatic carbocycles. The first kappa shape index (κ1) is 17.8. The zero-order valence-corrected chi connectivity index (χ0v) is 14.0. The summed E-state index contributed by atoms with van der Waals surface area (Å²) in [6.45, 7) is 4.61. The third-order valence-corrected chi connectivity index (χ3v) is 4.52. The number of piperidine rings is 1. The molecule has 1 aliphatic heterocycles. The van der Waals surface area contributed by atoms with Gasteiger partial charge in [-0.3, -0.25) is 0 Å². The average Bonchev–Trinajstić information content (AvgIpc) is 2.45. The van der Waals surface area contributed by atoms with Crippen LogP contribution in [0.25, 0.3) is 0 Å². The third kappa shape index (κ3) is 9.58. The van der Waals surface area contributed by atoms with Crippen LogP contribution in [0.3, 0.4) is 0 Å². The summed E-state index contributed by atoms with van der Waals surface area (Å²) in [7, 11) is 0. The number of hydrogen-bond acceptors (Lipinski definition) is 1. The van der Waals surface area contributed by atoms with Gasteiger partial charge >= 0.3 is 0 Å². The molecular formula is C19H37N. The lowest BCUT2D eigenvalue weighted by Gasteiger charge is -2.28. The van der Waals surface area contributed by atoms with Gasteiger partial charge in [-0.15, -0.1) is 0 Å². The van der Waals surface area contributed by atoms with Gasteiger partial charge in [-0.2, -0.15) is 0 Å². The molecule has 118 valence electrons. The molecule has 1 aliphatic rings. The highest BCUT2D eigenvalue weighted by Crippen LogP contribution is 2.16. The fourth-order valence-electron chi connectivity index (χ4n) is 3.23. The Balaban J connectivity index is 1.84. The Morgan fingerprint density at radius 1 is 0.900 bits per heavy atom. The molecule has 0 amide bonds. The molecule has 1 rings (SSSR count). The third-order valence-electron chi connectivity index (χ3n) is 4.52. The normalized spacial score (nSPS) is 23.5. The Labute approximate surface area is 127 Å². The van der Waals surface area contributed by atoms with Gasteiger partial charge in [-0.1, -0.05) is 57.6 Å². The first-order valence-electron chi connectivity index (χ1n) is 9.24. The van der Waals surface area contributed by atoms with Crippen LogP contribution in [0.5, 0.6) is 0 Å². The van der Waals surface area contributed by atoms with Gasteiger partial charge in [0.2, 0.25) is 0 Å². The largest absolute Gasteiger partial charge is 0.312 e. The predicted molar refractivity (Wildman–Crippen MR) is 91.2 cm³/mol. The van der Waals surface area contributed by atoms with Crippen LogP contribution in [-0.4, -0.2) is 12.1 Å². The molecular weight excluding hydrogens is 242 g/mol. The fraction of sp³-hybridized carbons (Fsp3) is 0.895. The first-order valence-corrected chi connectivity index (χ1v) is 9.24. The van der Waals surface area contributed by atoms with Crippen LogP contribution in [0, 0.1) is 0 Å². The summed E-state index contributed by atoms with van der Waals surface area (Å²) in [5.41, 5.74) is 0. The van der Waals surface area contributed by atoms with Gasteiger partial charge in [0.25, 0.3) is 0 Å². The minimum atomic E-state index is 0.747. The lowest BCUT2D eigenvalue weighted by atomic mass is 9.96. The van der Waals surface area contributed by atoms with Crippen molar-refractivity contribution in [2.75, 3.05) is 0 Å². The summed E-state index contributed by atoms with van der Waals surface area (Å²) in [5.74, 6) is 0. The summed E-state index contributed by atoms with van der Waals surface area (Å²) < 4.78 is 0. The van der Waals surface area contributed by atoms with E-state index in [0.717, 1.165) is 12.1 Å². The number of allylic oxidation sites excluding steroid dienone is 2. The second-order valence-corrected chi connectivity index (χ2v) is 6.65. The van der Waals surface area contributed by atoms with E-state index in [1.807, 2.05) is 0 Å². The van der Waals surface area contributed by atoms with Crippen molar-refractivity contribution < 1.29 is 0 Å². The zero-order chi connectivity index (χ0) is 14.5. The minimum absolute atomic E-state index is 0.747. The molecule has 1 N–H and O–H groups in total. The Morgan fingerprint density at radius 2 is 1.60 bits per heavy atom. The standard InChI is InChI=1S/C19H37N/c1-3-4-5-6-7-8-9-10-11-12-13-16-19-17-14-15-18(2)20-19/h10-11,18-20H,3-9,12-17H2,1-2H3/t18-,19-/m0/s1. The molecule has 0 aromatic heterocycles. The first-order chi connectivity index (χ1) is 9.83. The van der Waals surface area contributed by atoms with Crippen molar-refractivity contribution in [3.63, 3.8) is 0 Å². The summed E-state index contributed by atoms with van der Waals surface area (Å²) in [6, 6.07) is 1.54. The summed E-state index contributed by atoms with van der Waals surface area (Å²) in [4.78, 5) is 0. The van der Waals surface area contributed by atoms with Gasteiger partial charge < -0.3 is 5.32 Å². The Morgan fingerprint density at radius 3 is 2.35 bits per heavy atom. The van der Waals surface area contributed by atoms with E-state index in [4.69, 9.17) is 0 Å². The highest BCUT2D eigenvalue weighted by Gasteiger charge is 2.16. The van der Waals surface area contributed by atoms with E-state index < -0.39 is 0 Å². The van der Waals surface area contributed by atoms with Crippen LogP contribution in [-0.2, 0) is 0 Å². The lowest BCUT2D eigenvalue weighted by Crippen LogP contribution is -2.40. The van der Waals surface area contributed by atoms with E-state index in [0.29, 0.717) is 0 Å². The molecule has 0 spiro atoms. The second kappa shape index (κ2) is 12.4. The molecule has 2 atom stereocenters. The topological polar surface area (TPSA) is 12.0 Å². The molecule has 1 heterocycles. The van der Waals surface area contributed by atoms with Gasteiger partial charge in [0.05, 0.1) is 0 Å². The van der Waals surface area contributed by atoms with Gasteiger partial charge in [0.15, 0.2) is 0 Å². The van der Waals surface area contributed by atoms with Crippen molar-refractivity contribution in [1.29, 1.82) is 0 Å². The molecule has 0 aromatic rings. The van der Waals surface area contributed by atoms with Crippen LogP contribution in [0.4, 0.5) is 0 Å². The molecule has 20 heavy (non-hydrogen) atoms. The molecule has 1 saturated heterocycles. The van der Waals surface area contributed by atoms with Crippen molar-refractivity contribution in [3.05, 3.63) is 12.2 Å². The van der Waals surface area contributed by atoms with E-state index in [9.17, 15) is 0 Å². The molecule has 1 nitrogen and oxygen atoms in total. The van der Waals surface area contributed by atoms with Crippen LogP contribution in [0.1, 0.15) is 97.3 Å². The van der Waals surface area contributed by atoms with Gasteiger partial charge in [-0.05, 0) is 51.9 Å². The monoisotopic (exact) mass is 279 g/mol. The predicted octanol–water partition coefficient (Wildman–Crippen LogP) is 5.99. The second-order valence-electron chi connectivity index (χ2n) is 6.65. The summed E-state index contributed by atoms with van der Waals surface area (Å²) in [6.07, 6.45) is 22.8. The van der Waals surface area contributed by atoms with Crippen molar-refractivity contribution in [2.24, 2.45) is 0 Å². The van der Waals surface area contributed by atoms with E-state index >= 15 is 0 Å². The molecule has 1 fully saturated rings. The van der Waals surface area contributed by atoms with Crippen LogP contribution in [0.15, 0.2) is 12.2 Å². The Bertz CT molecular complexity index is 234. The number of rotatable bonds is 11. The van der Waals surface area contributed by atoms with Crippen molar-refractivity contribution in [3.8, 4) is 0 Å². The lowest BCUT2D eigenvalue weighted by molar-refractivity contribution is 0.318. The summed E-state index contributed by atoms with van der Waals surface area (Å²) >= 11 is 0. The fourth-order valence-corrected chi connectivity index (χ4v) is 3.23. The van der Waals surface area contributed by atoms with E-state index in [-0.39, 0.29) is 0 Å². The molecule has 0 saturated carbocycles. The van der Waals surface area contributed by atoms with E-state index in [2.05, 4.69) is 31.3 Å². The van der Waals surface area contributed by atoms with Gasteiger partial charge in [-0.25, -0.2) is 0 Å². The molecule has 0 unspecified atom stereocenters. The quantitative estimate of drug-likeness (QED) is 0.361. The number of hydrogen-bond donors (Lipinski definition) is 1. The Hall–Kier alpha value is -0.300. The SMILES string of the molecule is CCCCCCCCC=CCCC[C@H]1CCC[C@H](C)N1. The Kier molecular flexibility index (Phi) is 11.0. The summed E-state index contributed by atoms with van der Waals surface area (Å²) in [5, 5.41) is 3.73. The van der Waals surface area contributed by atoms with Crippen molar-refractivity contribution in [1.82, 2.24) is 5.32 Å². The molecule has 0 aliphatic carbocycles. The van der Waals surface area contributed by atoms with Gasteiger partial charge in [0, 0.05) is 12.1 Å². The highest BCUT2D eigenvalue weighted by molar-refractivity contribution is 4.83. The van der Waals surface area contributed by atoms with Gasteiger partial charge in [0.1, 0.15) is 0 Å². The number of unbranched alkanes of at least 4 members (excludes halogenated alkanes) is 7. The average molecular weight is 280 g/mol. The molecule has 1 heteroatoms. The maximum absolute atomic E-state index is 3.73. The maximum atomic E-state index is 3.73. The van der Waals surface area contributed by atoms with E-state index in [1.54, 1.807) is 0 Å². The molecule has 0 bridgehead atoms. The minimum Gasteiger partial charge on any atom is -0.312 e. The highest BCUT2D eigenvalue weighted by atomic mass is 15.0.